The highest BCUT2D eigenvalue weighted by Crippen LogP contribution is 2.56. The van der Waals surface area contributed by atoms with E-state index in [9.17, 15) is 0 Å². The largest absolute Gasteiger partial charge is 0.370 e. The van der Waals surface area contributed by atoms with Gasteiger partial charge in [0.05, 0.1) is 17.8 Å². The van der Waals surface area contributed by atoms with Crippen LogP contribution < -0.4 is 0 Å². The molecule has 4 aliphatic rings. The summed E-state index contributed by atoms with van der Waals surface area (Å²) in [7, 11) is 0. The fourth-order valence-electron chi connectivity index (χ4n) is 5.62. The number of fused-ring (bicyclic) bond motifs is 3. The third-order valence-electron chi connectivity index (χ3n) is 7.30. The van der Waals surface area contributed by atoms with Crippen molar-refractivity contribution < 1.29 is 9.47 Å². The molecule has 3 heteroatoms. The van der Waals surface area contributed by atoms with Crippen molar-refractivity contribution in [3.63, 3.8) is 0 Å². The monoisotopic (exact) mass is 357 g/mol. The summed E-state index contributed by atoms with van der Waals surface area (Å²) in [5.41, 5.74) is 0.924. The molecule has 1 aromatic carbocycles. The molecule has 5 rings (SSSR count). The standard InChI is InChI=1S/C23H35NO2/c1-21(2)20-11-12-22(3,26-21)23(18-20,17-19-9-5-4-6-10-19)25-16-15-24-13-7-8-14-24/h4-6,9-10,20H,7-8,11-18H2,1-3H3. The maximum Gasteiger partial charge on any atom is 0.101 e. The van der Waals surface area contributed by atoms with Gasteiger partial charge in [0.1, 0.15) is 5.60 Å². The van der Waals surface area contributed by atoms with Crippen molar-refractivity contribution in [2.75, 3.05) is 26.2 Å². The van der Waals surface area contributed by atoms with Gasteiger partial charge in [0.15, 0.2) is 0 Å². The van der Waals surface area contributed by atoms with Gasteiger partial charge in [0.25, 0.3) is 0 Å². The van der Waals surface area contributed by atoms with E-state index in [4.69, 9.17) is 9.47 Å². The van der Waals surface area contributed by atoms with Crippen LogP contribution in [0.25, 0.3) is 0 Å². The fourth-order valence-corrected chi connectivity index (χ4v) is 5.62. The molecule has 4 fully saturated rings. The molecular weight excluding hydrogens is 322 g/mol. The quantitative estimate of drug-likeness (QED) is 0.751. The zero-order chi connectivity index (χ0) is 18.3. The molecular formula is C23H35NO2. The summed E-state index contributed by atoms with van der Waals surface area (Å²) >= 11 is 0. The van der Waals surface area contributed by atoms with Crippen LogP contribution in [0.2, 0.25) is 0 Å². The van der Waals surface area contributed by atoms with Crippen LogP contribution in [-0.2, 0) is 15.9 Å². The predicted molar refractivity (Wildman–Crippen MR) is 105 cm³/mol. The zero-order valence-corrected chi connectivity index (χ0v) is 16.8. The number of likely N-dealkylation sites (tertiary alicyclic amines) is 1. The first-order valence-corrected chi connectivity index (χ1v) is 10.5. The fraction of sp³-hybridized carbons (Fsp3) is 0.739. The smallest absolute Gasteiger partial charge is 0.101 e. The summed E-state index contributed by atoms with van der Waals surface area (Å²) in [6, 6.07) is 10.9. The number of nitrogens with zero attached hydrogens (tertiary/aromatic N) is 1. The summed E-state index contributed by atoms with van der Waals surface area (Å²) in [6.45, 7) is 11.2. The average molecular weight is 358 g/mol. The van der Waals surface area contributed by atoms with Gasteiger partial charge in [-0.2, -0.15) is 0 Å². The maximum atomic E-state index is 6.80. The first kappa shape index (κ1) is 18.5. The molecule has 3 atom stereocenters. The highest BCUT2D eigenvalue weighted by molar-refractivity contribution is 5.22. The minimum absolute atomic E-state index is 0.0362. The number of ether oxygens (including phenoxy) is 2. The normalized spacial score (nSPS) is 36.5. The zero-order valence-electron chi connectivity index (χ0n) is 16.8. The topological polar surface area (TPSA) is 21.7 Å². The van der Waals surface area contributed by atoms with Crippen LogP contribution in [-0.4, -0.2) is 47.9 Å². The lowest BCUT2D eigenvalue weighted by molar-refractivity contribution is -0.325. The van der Waals surface area contributed by atoms with E-state index in [1.807, 2.05) is 0 Å². The summed E-state index contributed by atoms with van der Waals surface area (Å²) in [5, 5.41) is 0. The minimum Gasteiger partial charge on any atom is -0.370 e. The van der Waals surface area contributed by atoms with Crippen molar-refractivity contribution in [3.05, 3.63) is 35.9 Å². The van der Waals surface area contributed by atoms with Crippen LogP contribution in [0.4, 0.5) is 0 Å². The van der Waals surface area contributed by atoms with E-state index in [1.54, 1.807) is 0 Å². The van der Waals surface area contributed by atoms with Crippen LogP contribution in [0.5, 0.6) is 0 Å². The number of hydrogen-bond acceptors (Lipinski definition) is 3. The van der Waals surface area contributed by atoms with Crippen molar-refractivity contribution in [1.29, 1.82) is 0 Å². The van der Waals surface area contributed by atoms with E-state index in [1.165, 1.54) is 37.9 Å². The molecule has 3 heterocycles. The second kappa shape index (κ2) is 6.92. The molecule has 3 saturated heterocycles. The predicted octanol–water partition coefficient (Wildman–Crippen LogP) is 4.45. The van der Waals surface area contributed by atoms with E-state index < -0.39 is 0 Å². The van der Waals surface area contributed by atoms with Gasteiger partial charge in [-0.3, -0.25) is 0 Å². The third-order valence-corrected chi connectivity index (χ3v) is 7.30. The molecule has 0 spiro atoms. The molecule has 0 aromatic heterocycles. The Kier molecular flexibility index (Phi) is 4.92. The van der Waals surface area contributed by atoms with Crippen molar-refractivity contribution in [2.24, 2.45) is 5.92 Å². The molecule has 0 N–H and O–H groups in total. The molecule has 3 nitrogen and oxygen atoms in total. The minimum atomic E-state index is -0.202. The Balaban J connectivity index is 1.55. The van der Waals surface area contributed by atoms with Crippen LogP contribution >= 0.6 is 0 Å². The van der Waals surface area contributed by atoms with Gasteiger partial charge in [-0.05, 0) is 77.4 Å². The van der Waals surface area contributed by atoms with Gasteiger partial charge in [-0.1, -0.05) is 30.3 Å². The molecule has 3 unspecified atom stereocenters. The van der Waals surface area contributed by atoms with Crippen molar-refractivity contribution in [3.8, 4) is 0 Å². The molecule has 1 aliphatic carbocycles. The van der Waals surface area contributed by atoms with Gasteiger partial charge in [-0.25, -0.2) is 0 Å². The Bertz CT molecular complexity index is 610. The second-order valence-corrected chi connectivity index (χ2v) is 9.43. The Labute approximate surface area is 159 Å². The van der Waals surface area contributed by atoms with Crippen molar-refractivity contribution in [1.82, 2.24) is 4.90 Å². The molecule has 1 saturated carbocycles. The van der Waals surface area contributed by atoms with Gasteiger partial charge >= 0.3 is 0 Å². The number of benzene rings is 1. The molecule has 26 heavy (non-hydrogen) atoms. The Hall–Kier alpha value is -0.900. The number of hydrogen-bond donors (Lipinski definition) is 0. The molecule has 144 valence electrons. The summed E-state index contributed by atoms with van der Waals surface area (Å²) < 4.78 is 13.5. The molecule has 0 radical (unpaired) electrons. The lowest BCUT2D eigenvalue weighted by atomic mass is 9.59. The highest BCUT2D eigenvalue weighted by Gasteiger charge is 2.62. The van der Waals surface area contributed by atoms with Gasteiger partial charge in [-0.15, -0.1) is 0 Å². The van der Waals surface area contributed by atoms with Gasteiger partial charge < -0.3 is 14.4 Å². The first-order valence-electron chi connectivity index (χ1n) is 10.5. The lowest BCUT2D eigenvalue weighted by Gasteiger charge is -2.63. The molecule has 3 aliphatic heterocycles. The SMILES string of the molecule is CC1(C)OC2(C)CCC1CC2(Cc1ccccc1)OCCN1CCCC1. The van der Waals surface area contributed by atoms with E-state index >= 15 is 0 Å². The first-order chi connectivity index (χ1) is 12.4. The summed E-state index contributed by atoms with van der Waals surface area (Å²) in [4.78, 5) is 2.55. The van der Waals surface area contributed by atoms with E-state index in [-0.39, 0.29) is 16.8 Å². The third kappa shape index (κ3) is 3.34. The van der Waals surface area contributed by atoms with Crippen molar-refractivity contribution in [2.45, 2.75) is 76.1 Å². The average Bonchev–Trinajstić information content (AvgIpc) is 3.10. The van der Waals surface area contributed by atoms with Crippen LogP contribution in [0.3, 0.4) is 0 Å². The molecule has 0 amide bonds. The summed E-state index contributed by atoms with van der Waals surface area (Å²) in [5.74, 6) is 0.583. The van der Waals surface area contributed by atoms with E-state index in [0.717, 1.165) is 32.4 Å². The highest BCUT2D eigenvalue weighted by atomic mass is 16.6. The number of rotatable bonds is 6. The molecule has 2 bridgehead atoms. The Morgan fingerprint density at radius 1 is 1.12 bits per heavy atom. The van der Waals surface area contributed by atoms with E-state index in [0.29, 0.717) is 5.92 Å². The Morgan fingerprint density at radius 3 is 2.50 bits per heavy atom. The Morgan fingerprint density at radius 2 is 1.85 bits per heavy atom. The molecule has 1 aromatic rings. The summed E-state index contributed by atoms with van der Waals surface area (Å²) in [6.07, 6.45) is 7.12. The van der Waals surface area contributed by atoms with Crippen LogP contribution in [0, 0.1) is 5.92 Å². The van der Waals surface area contributed by atoms with Crippen molar-refractivity contribution >= 4 is 0 Å². The van der Waals surface area contributed by atoms with Gasteiger partial charge in [0, 0.05) is 13.0 Å². The van der Waals surface area contributed by atoms with Crippen LogP contribution in [0.15, 0.2) is 30.3 Å². The van der Waals surface area contributed by atoms with Gasteiger partial charge in [0.2, 0.25) is 0 Å². The maximum absolute atomic E-state index is 6.80. The lowest BCUT2D eigenvalue weighted by Crippen LogP contribution is -2.70. The van der Waals surface area contributed by atoms with Crippen LogP contribution in [0.1, 0.15) is 58.4 Å². The second-order valence-electron chi connectivity index (χ2n) is 9.43. The van der Waals surface area contributed by atoms with E-state index in [2.05, 4.69) is 56.0 Å².